The maximum atomic E-state index is 11.4. The summed E-state index contributed by atoms with van der Waals surface area (Å²) in [5, 5.41) is 29.9. The zero-order chi connectivity index (χ0) is 11.2. The van der Waals surface area contributed by atoms with Crippen molar-refractivity contribution in [1.82, 2.24) is 5.32 Å². The minimum absolute atomic E-state index is 0.333. The van der Waals surface area contributed by atoms with Crippen molar-refractivity contribution in [2.75, 3.05) is 6.61 Å². The molecule has 0 aliphatic carbocycles. The first kappa shape index (κ1) is 10.5. The molecule has 2 aliphatic rings. The molecule has 0 unspecified atom stereocenters. The van der Waals surface area contributed by atoms with Gasteiger partial charge < -0.3 is 20.1 Å². The Morgan fingerprint density at radius 3 is 2.53 bits per heavy atom. The number of carbonyl (C=O) groups is 2. The van der Waals surface area contributed by atoms with Gasteiger partial charge in [0, 0.05) is 0 Å². The Morgan fingerprint density at radius 1 is 1.47 bits per heavy atom. The highest BCUT2D eigenvalue weighted by Gasteiger charge is 2.62. The predicted octanol–water partition coefficient (Wildman–Crippen LogP) is -3.12. The van der Waals surface area contributed by atoms with Crippen LogP contribution in [0.4, 0.5) is 0 Å². The van der Waals surface area contributed by atoms with Crippen LogP contribution >= 0.6 is 0 Å². The first-order valence-electron chi connectivity index (χ1n) is 4.50. The Balaban J connectivity index is 2.30. The second kappa shape index (κ2) is 3.24. The lowest BCUT2D eigenvalue weighted by Crippen LogP contribution is -2.48. The summed E-state index contributed by atoms with van der Waals surface area (Å²) in [4.78, 5) is 22.4. The van der Waals surface area contributed by atoms with Crippen molar-refractivity contribution in [3.63, 3.8) is 0 Å². The van der Waals surface area contributed by atoms with E-state index >= 15 is 0 Å². The van der Waals surface area contributed by atoms with E-state index in [2.05, 4.69) is 0 Å². The molecule has 0 saturated carbocycles. The average Bonchev–Trinajstić information content (AvgIpc) is 2.60. The number of imide groups is 1. The molecule has 84 valence electrons. The lowest BCUT2D eigenvalue weighted by Gasteiger charge is -2.22. The third-order valence-corrected chi connectivity index (χ3v) is 2.78. The Hall–Kier alpha value is -1.02. The quantitative estimate of drug-likeness (QED) is 0.345. The molecule has 2 fully saturated rings. The molecule has 2 heterocycles. The van der Waals surface area contributed by atoms with Crippen molar-refractivity contribution in [3.8, 4) is 0 Å². The predicted molar refractivity (Wildman–Crippen MR) is 44.5 cm³/mol. The van der Waals surface area contributed by atoms with Crippen LogP contribution in [0.15, 0.2) is 0 Å². The fourth-order valence-corrected chi connectivity index (χ4v) is 1.96. The van der Waals surface area contributed by atoms with E-state index in [9.17, 15) is 19.8 Å². The lowest BCUT2D eigenvalue weighted by atomic mass is 9.93. The van der Waals surface area contributed by atoms with Gasteiger partial charge >= 0.3 is 0 Å². The van der Waals surface area contributed by atoms with E-state index in [1.165, 1.54) is 0 Å². The van der Waals surface area contributed by atoms with Gasteiger partial charge in [-0.2, -0.15) is 0 Å². The van der Waals surface area contributed by atoms with Crippen LogP contribution in [0.25, 0.3) is 0 Å². The third-order valence-electron chi connectivity index (χ3n) is 2.78. The Morgan fingerprint density at radius 2 is 2.13 bits per heavy atom. The van der Waals surface area contributed by atoms with Gasteiger partial charge in [0.1, 0.15) is 18.3 Å². The minimum atomic E-state index is -1.73. The van der Waals surface area contributed by atoms with Crippen molar-refractivity contribution >= 4 is 11.8 Å². The van der Waals surface area contributed by atoms with Crippen LogP contribution in [0.5, 0.6) is 0 Å². The van der Waals surface area contributed by atoms with Gasteiger partial charge in [0.2, 0.25) is 5.91 Å². The Kier molecular flexibility index (Phi) is 2.27. The molecule has 2 amide bonds. The number of ether oxygens (including phenoxy) is 1. The largest absolute Gasteiger partial charge is 0.394 e. The first-order chi connectivity index (χ1) is 7.01. The first-order valence-corrected chi connectivity index (χ1v) is 4.50. The summed E-state index contributed by atoms with van der Waals surface area (Å²) in [5.41, 5.74) is -1.73. The molecule has 1 spiro atoms. The maximum Gasteiger partial charge on any atom is 0.262 e. The van der Waals surface area contributed by atoms with E-state index in [1.54, 1.807) is 0 Å². The molecule has 15 heavy (non-hydrogen) atoms. The lowest BCUT2D eigenvalue weighted by molar-refractivity contribution is -0.149. The molecule has 0 bridgehead atoms. The van der Waals surface area contributed by atoms with E-state index in [-0.39, 0.29) is 6.42 Å². The number of amides is 2. The zero-order valence-electron chi connectivity index (χ0n) is 7.71. The van der Waals surface area contributed by atoms with Crippen LogP contribution < -0.4 is 5.32 Å². The fourth-order valence-electron chi connectivity index (χ4n) is 1.96. The molecular formula is C8H11NO6. The van der Waals surface area contributed by atoms with Crippen LogP contribution in [0.1, 0.15) is 6.42 Å². The number of aliphatic hydroxyl groups excluding tert-OH is 3. The maximum absolute atomic E-state index is 11.4. The summed E-state index contributed by atoms with van der Waals surface area (Å²) in [6.45, 7) is -0.526. The van der Waals surface area contributed by atoms with Gasteiger partial charge in [0.25, 0.3) is 5.91 Å². The number of carbonyl (C=O) groups excluding carboxylic acids is 2. The van der Waals surface area contributed by atoms with Gasteiger partial charge in [-0.25, -0.2) is 0 Å². The summed E-state index contributed by atoms with van der Waals surface area (Å²) in [5.74, 6) is -1.33. The average molecular weight is 217 g/mol. The van der Waals surface area contributed by atoms with Crippen molar-refractivity contribution in [1.29, 1.82) is 0 Å². The molecule has 2 aliphatic heterocycles. The topological polar surface area (TPSA) is 116 Å². The molecule has 2 rings (SSSR count). The second-order valence-electron chi connectivity index (χ2n) is 3.72. The van der Waals surface area contributed by atoms with Gasteiger partial charge in [-0.3, -0.25) is 14.9 Å². The molecule has 4 atom stereocenters. The Bertz CT molecular complexity index is 318. The van der Waals surface area contributed by atoms with Crippen molar-refractivity contribution < 1.29 is 29.6 Å². The number of hydrogen-bond acceptors (Lipinski definition) is 6. The SMILES string of the molecule is O=C1C[C@@]2(O[C@H](CO)[C@@H](O)[C@H]2O)C(=O)N1. The number of rotatable bonds is 1. The molecule has 0 radical (unpaired) electrons. The second-order valence-corrected chi connectivity index (χ2v) is 3.72. The summed E-state index contributed by atoms with van der Waals surface area (Å²) in [6.07, 6.45) is -4.25. The van der Waals surface area contributed by atoms with Crippen LogP contribution in [0.3, 0.4) is 0 Å². The highest BCUT2D eigenvalue weighted by atomic mass is 16.6. The molecule has 0 aromatic carbocycles. The smallest absolute Gasteiger partial charge is 0.262 e. The van der Waals surface area contributed by atoms with E-state index in [0.29, 0.717) is 0 Å². The van der Waals surface area contributed by atoms with Crippen LogP contribution in [0, 0.1) is 0 Å². The molecule has 7 heteroatoms. The molecular weight excluding hydrogens is 206 g/mol. The van der Waals surface area contributed by atoms with Crippen LogP contribution in [-0.2, 0) is 14.3 Å². The highest BCUT2D eigenvalue weighted by molar-refractivity contribution is 6.08. The highest BCUT2D eigenvalue weighted by Crippen LogP contribution is 2.36. The summed E-state index contributed by atoms with van der Waals surface area (Å²) in [6, 6.07) is 0. The molecule has 0 aromatic heterocycles. The minimum Gasteiger partial charge on any atom is -0.394 e. The van der Waals surface area contributed by atoms with Gasteiger partial charge in [-0.15, -0.1) is 0 Å². The summed E-state index contributed by atoms with van der Waals surface area (Å²) < 4.78 is 5.08. The van der Waals surface area contributed by atoms with E-state index < -0.39 is 42.3 Å². The van der Waals surface area contributed by atoms with Crippen LogP contribution in [-0.4, -0.2) is 57.7 Å². The van der Waals surface area contributed by atoms with Gasteiger partial charge in [0.15, 0.2) is 5.60 Å². The van der Waals surface area contributed by atoms with Gasteiger partial charge in [0.05, 0.1) is 13.0 Å². The van der Waals surface area contributed by atoms with Crippen molar-refractivity contribution in [3.05, 3.63) is 0 Å². The number of aliphatic hydroxyl groups is 3. The van der Waals surface area contributed by atoms with Crippen molar-refractivity contribution in [2.24, 2.45) is 0 Å². The fraction of sp³-hybridized carbons (Fsp3) is 0.750. The molecule has 2 saturated heterocycles. The molecule has 0 aromatic rings. The van der Waals surface area contributed by atoms with E-state index in [0.717, 1.165) is 0 Å². The van der Waals surface area contributed by atoms with Gasteiger partial charge in [-0.05, 0) is 0 Å². The normalized spacial score (nSPS) is 45.1. The Labute approximate surface area is 84.7 Å². The summed E-state index contributed by atoms with van der Waals surface area (Å²) >= 11 is 0. The summed E-state index contributed by atoms with van der Waals surface area (Å²) in [7, 11) is 0. The number of hydrogen-bond donors (Lipinski definition) is 4. The number of nitrogens with one attached hydrogen (secondary N) is 1. The van der Waals surface area contributed by atoms with E-state index in [4.69, 9.17) is 9.84 Å². The van der Waals surface area contributed by atoms with Gasteiger partial charge in [-0.1, -0.05) is 0 Å². The molecule has 7 nitrogen and oxygen atoms in total. The molecule has 4 N–H and O–H groups in total. The monoisotopic (exact) mass is 217 g/mol. The van der Waals surface area contributed by atoms with Crippen LogP contribution in [0.2, 0.25) is 0 Å². The zero-order valence-corrected chi connectivity index (χ0v) is 7.71. The van der Waals surface area contributed by atoms with Crippen molar-refractivity contribution in [2.45, 2.75) is 30.3 Å². The van der Waals surface area contributed by atoms with E-state index in [1.807, 2.05) is 5.32 Å². The third kappa shape index (κ3) is 1.28. The standard InChI is InChI=1S/C8H11NO6/c10-2-3-5(12)6(13)8(15-3)1-4(11)9-7(8)14/h3,5-6,10,12-13H,1-2H2,(H,9,11,14)/t3-,5-,6-,8+/m1/s1.